The van der Waals surface area contributed by atoms with Gasteiger partial charge in [0.1, 0.15) is 18.1 Å². The summed E-state index contributed by atoms with van der Waals surface area (Å²) in [5.74, 6) is -0.342. The SMILES string of the molecule is CC(=O)Nc1ccc(N(C(=O)Cn2nnc3ccccc32)[C@@H](C(=O)NCCC(C)C)c2cccs2)cc1. The predicted octanol–water partition coefficient (Wildman–Crippen LogP) is 4.39. The number of hydrogen-bond donors (Lipinski definition) is 2. The van der Waals surface area contributed by atoms with Gasteiger partial charge in [0.05, 0.1) is 5.52 Å². The zero-order valence-corrected chi connectivity index (χ0v) is 21.9. The van der Waals surface area contributed by atoms with Crippen LogP contribution in [0.25, 0.3) is 11.0 Å². The van der Waals surface area contributed by atoms with Crippen molar-refractivity contribution in [3.8, 4) is 0 Å². The lowest BCUT2D eigenvalue weighted by atomic mass is 10.1. The lowest BCUT2D eigenvalue weighted by Gasteiger charge is -2.31. The number of benzene rings is 2. The van der Waals surface area contributed by atoms with Crippen LogP contribution >= 0.6 is 11.3 Å². The molecule has 0 unspecified atom stereocenters. The third-order valence-corrected chi connectivity index (χ3v) is 6.70. The Hall–Kier alpha value is -4.05. The van der Waals surface area contributed by atoms with Gasteiger partial charge >= 0.3 is 0 Å². The van der Waals surface area contributed by atoms with Crippen molar-refractivity contribution in [1.82, 2.24) is 20.3 Å². The van der Waals surface area contributed by atoms with Crippen LogP contribution in [0.2, 0.25) is 0 Å². The van der Waals surface area contributed by atoms with Crippen molar-refractivity contribution >= 4 is 51.5 Å². The first kappa shape index (κ1) is 26.0. The van der Waals surface area contributed by atoms with Crippen molar-refractivity contribution in [2.75, 3.05) is 16.8 Å². The zero-order valence-electron chi connectivity index (χ0n) is 21.0. The molecule has 4 aromatic rings. The van der Waals surface area contributed by atoms with Crippen molar-refractivity contribution in [2.45, 2.75) is 39.8 Å². The van der Waals surface area contributed by atoms with E-state index < -0.39 is 6.04 Å². The molecule has 0 saturated carbocycles. The molecule has 4 rings (SSSR count). The summed E-state index contributed by atoms with van der Waals surface area (Å²) in [6, 6.07) is 17.1. The molecule has 37 heavy (non-hydrogen) atoms. The Morgan fingerprint density at radius 2 is 1.78 bits per heavy atom. The van der Waals surface area contributed by atoms with Crippen LogP contribution in [-0.4, -0.2) is 39.3 Å². The maximum Gasteiger partial charge on any atom is 0.249 e. The number of thiophene rings is 1. The fourth-order valence-electron chi connectivity index (χ4n) is 3.99. The molecular weight excluding hydrogens is 488 g/mol. The number of anilines is 2. The second-order valence-corrected chi connectivity index (χ2v) is 10.1. The minimum atomic E-state index is -0.874. The summed E-state index contributed by atoms with van der Waals surface area (Å²) in [7, 11) is 0. The van der Waals surface area contributed by atoms with Gasteiger partial charge in [-0.25, -0.2) is 4.68 Å². The zero-order chi connectivity index (χ0) is 26.4. The Kier molecular flexibility index (Phi) is 8.29. The molecule has 2 aromatic heterocycles. The normalized spacial score (nSPS) is 11.9. The second kappa shape index (κ2) is 11.8. The van der Waals surface area contributed by atoms with E-state index in [0.717, 1.165) is 16.8 Å². The Morgan fingerprint density at radius 1 is 1.03 bits per heavy atom. The highest BCUT2D eigenvalue weighted by Crippen LogP contribution is 2.32. The van der Waals surface area contributed by atoms with Crippen LogP contribution in [0.15, 0.2) is 66.0 Å². The van der Waals surface area contributed by atoms with Gasteiger partial charge in [-0.2, -0.15) is 0 Å². The molecule has 0 aliphatic heterocycles. The van der Waals surface area contributed by atoms with Gasteiger partial charge in [-0.05, 0) is 60.2 Å². The highest BCUT2D eigenvalue weighted by Gasteiger charge is 2.34. The molecular formula is C27H30N6O3S. The lowest BCUT2D eigenvalue weighted by molar-refractivity contribution is -0.126. The summed E-state index contributed by atoms with van der Waals surface area (Å²) in [5.41, 5.74) is 2.54. The van der Waals surface area contributed by atoms with Crippen LogP contribution in [0, 0.1) is 5.92 Å². The summed E-state index contributed by atoms with van der Waals surface area (Å²) in [6.45, 7) is 6.03. The number of para-hydroxylation sites is 1. The molecule has 0 bridgehead atoms. The third-order valence-electron chi connectivity index (χ3n) is 5.78. The van der Waals surface area contributed by atoms with Crippen LogP contribution in [0.5, 0.6) is 0 Å². The average Bonchev–Trinajstić information content (AvgIpc) is 3.53. The van der Waals surface area contributed by atoms with Crippen molar-refractivity contribution in [3.05, 3.63) is 70.9 Å². The molecule has 0 aliphatic rings. The molecule has 0 aliphatic carbocycles. The average molecular weight is 519 g/mol. The summed E-state index contributed by atoms with van der Waals surface area (Å²) in [5, 5.41) is 16.0. The van der Waals surface area contributed by atoms with Crippen LogP contribution in [0.4, 0.5) is 11.4 Å². The van der Waals surface area contributed by atoms with Crippen LogP contribution in [-0.2, 0) is 20.9 Å². The molecule has 2 heterocycles. The maximum absolute atomic E-state index is 13.9. The molecule has 0 spiro atoms. The van der Waals surface area contributed by atoms with E-state index in [1.54, 1.807) is 28.9 Å². The standard InChI is InChI=1S/C27H30N6O3S/c1-18(2)14-15-28-27(36)26(24-9-6-16-37-24)33(21-12-10-20(11-13-21)29-19(3)34)25(35)17-32-23-8-5-4-7-22(23)30-31-32/h4-13,16,18,26H,14-15,17H2,1-3H3,(H,28,36)(H,29,34)/t26-/m1/s1. The Bertz CT molecular complexity index is 1360. The van der Waals surface area contributed by atoms with Crippen molar-refractivity contribution in [2.24, 2.45) is 5.92 Å². The van der Waals surface area contributed by atoms with E-state index in [-0.39, 0.29) is 24.3 Å². The molecule has 1 atom stereocenters. The quantitative estimate of drug-likeness (QED) is 0.324. The summed E-state index contributed by atoms with van der Waals surface area (Å²) < 4.78 is 1.54. The molecule has 9 nitrogen and oxygen atoms in total. The van der Waals surface area contributed by atoms with E-state index in [4.69, 9.17) is 0 Å². The van der Waals surface area contributed by atoms with Crippen LogP contribution in [0.3, 0.4) is 0 Å². The van der Waals surface area contributed by atoms with E-state index in [0.29, 0.717) is 29.4 Å². The predicted molar refractivity (Wildman–Crippen MR) is 145 cm³/mol. The smallest absolute Gasteiger partial charge is 0.249 e. The topological polar surface area (TPSA) is 109 Å². The molecule has 192 valence electrons. The monoisotopic (exact) mass is 518 g/mol. The largest absolute Gasteiger partial charge is 0.354 e. The van der Waals surface area contributed by atoms with Gasteiger partial charge in [0.15, 0.2) is 0 Å². The minimum absolute atomic E-state index is 0.102. The number of rotatable bonds is 10. The number of carbonyl (C=O) groups is 3. The molecule has 0 fully saturated rings. The van der Waals surface area contributed by atoms with Gasteiger partial charge in [0.2, 0.25) is 17.7 Å². The number of carbonyl (C=O) groups excluding carboxylic acids is 3. The van der Waals surface area contributed by atoms with Gasteiger partial charge in [-0.3, -0.25) is 19.3 Å². The van der Waals surface area contributed by atoms with Crippen molar-refractivity contribution in [1.29, 1.82) is 0 Å². The van der Waals surface area contributed by atoms with Gasteiger partial charge in [-0.15, -0.1) is 16.4 Å². The molecule has 0 radical (unpaired) electrons. The molecule has 2 N–H and O–H groups in total. The molecule has 3 amide bonds. The number of nitrogens with zero attached hydrogens (tertiary/aromatic N) is 4. The Labute approximate surface area is 219 Å². The van der Waals surface area contributed by atoms with Gasteiger partial charge in [-0.1, -0.05) is 37.3 Å². The summed E-state index contributed by atoms with van der Waals surface area (Å²) >= 11 is 1.42. The third kappa shape index (κ3) is 6.39. The first-order chi connectivity index (χ1) is 17.8. The first-order valence-electron chi connectivity index (χ1n) is 12.1. The van der Waals surface area contributed by atoms with Gasteiger partial charge in [0, 0.05) is 29.7 Å². The lowest BCUT2D eigenvalue weighted by Crippen LogP contribution is -2.45. The van der Waals surface area contributed by atoms with E-state index in [1.807, 2.05) is 41.8 Å². The number of aromatic nitrogens is 3. The number of nitrogens with one attached hydrogen (secondary N) is 2. The number of hydrogen-bond acceptors (Lipinski definition) is 6. The van der Waals surface area contributed by atoms with E-state index in [2.05, 4.69) is 34.8 Å². The summed E-state index contributed by atoms with van der Waals surface area (Å²) in [6.07, 6.45) is 0.827. The molecule has 10 heteroatoms. The van der Waals surface area contributed by atoms with E-state index in [9.17, 15) is 14.4 Å². The minimum Gasteiger partial charge on any atom is -0.354 e. The second-order valence-electron chi connectivity index (χ2n) is 9.12. The first-order valence-corrected chi connectivity index (χ1v) is 13.0. The van der Waals surface area contributed by atoms with Crippen LogP contribution < -0.4 is 15.5 Å². The van der Waals surface area contributed by atoms with E-state index in [1.165, 1.54) is 23.2 Å². The van der Waals surface area contributed by atoms with Gasteiger partial charge in [0.25, 0.3) is 0 Å². The highest BCUT2D eigenvalue weighted by molar-refractivity contribution is 7.10. The van der Waals surface area contributed by atoms with Gasteiger partial charge < -0.3 is 10.6 Å². The van der Waals surface area contributed by atoms with Crippen molar-refractivity contribution < 1.29 is 14.4 Å². The fourth-order valence-corrected chi connectivity index (χ4v) is 4.80. The van der Waals surface area contributed by atoms with Crippen LogP contribution in [0.1, 0.15) is 38.1 Å². The maximum atomic E-state index is 13.9. The Morgan fingerprint density at radius 3 is 2.46 bits per heavy atom. The molecule has 0 saturated heterocycles. The van der Waals surface area contributed by atoms with E-state index >= 15 is 0 Å². The number of amides is 3. The highest BCUT2D eigenvalue weighted by atomic mass is 32.1. The fraction of sp³-hybridized carbons (Fsp3) is 0.296. The van der Waals surface area contributed by atoms with Crippen molar-refractivity contribution in [3.63, 3.8) is 0 Å². The number of fused-ring (bicyclic) bond motifs is 1. The Balaban J connectivity index is 1.72. The summed E-state index contributed by atoms with van der Waals surface area (Å²) in [4.78, 5) is 41.2. The molecule has 2 aromatic carbocycles.